The molecule has 0 aliphatic carbocycles. The SMILES string of the molecule is NC(=O)CN(CC(N)=O)C(=O)c1ccncc1C#CCO. The minimum atomic E-state index is -0.776. The van der Waals surface area contributed by atoms with Crippen LogP contribution in [-0.2, 0) is 9.59 Å². The van der Waals surface area contributed by atoms with Gasteiger partial charge in [-0.05, 0) is 6.07 Å². The molecule has 0 unspecified atom stereocenters. The Morgan fingerprint density at radius 2 is 1.86 bits per heavy atom. The molecule has 0 saturated carbocycles. The Balaban J connectivity index is 3.13. The average Bonchev–Trinajstić information content (AvgIpc) is 2.43. The molecule has 3 amide bonds. The lowest BCUT2D eigenvalue weighted by atomic mass is 10.1. The Morgan fingerprint density at radius 1 is 1.24 bits per heavy atom. The minimum Gasteiger partial charge on any atom is -0.384 e. The molecule has 110 valence electrons. The summed E-state index contributed by atoms with van der Waals surface area (Å²) < 4.78 is 0. The zero-order valence-electron chi connectivity index (χ0n) is 11.1. The highest BCUT2D eigenvalue weighted by Crippen LogP contribution is 2.09. The third kappa shape index (κ3) is 4.93. The number of rotatable bonds is 5. The second-order valence-electron chi connectivity index (χ2n) is 3.97. The van der Waals surface area contributed by atoms with Gasteiger partial charge in [0.05, 0.1) is 11.1 Å². The standard InChI is InChI=1S/C13H14N4O4/c14-11(19)7-17(8-12(15)20)13(21)10-3-4-16-6-9(10)2-1-5-18/h3-4,6,18H,5,7-8H2,(H2,14,19)(H2,15,20). The number of carbonyl (C=O) groups excluding carboxylic acids is 3. The zero-order valence-corrected chi connectivity index (χ0v) is 11.1. The van der Waals surface area contributed by atoms with Crippen molar-refractivity contribution < 1.29 is 19.5 Å². The molecule has 5 N–H and O–H groups in total. The number of hydrogen-bond donors (Lipinski definition) is 3. The van der Waals surface area contributed by atoms with Crippen LogP contribution in [0.15, 0.2) is 18.5 Å². The van der Waals surface area contributed by atoms with Crippen LogP contribution < -0.4 is 11.5 Å². The average molecular weight is 290 g/mol. The molecule has 21 heavy (non-hydrogen) atoms. The molecule has 1 heterocycles. The summed E-state index contributed by atoms with van der Waals surface area (Å²) >= 11 is 0. The second-order valence-corrected chi connectivity index (χ2v) is 3.97. The molecule has 1 rings (SSSR count). The topological polar surface area (TPSA) is 140 Å². The van der Waals surface area contributed by atoms with E-state index in [2.05, 4.69) is 16.8 Å². The minimum absolute atomic E-state index is 0.133. The Bertz CT molecular complexity index is 602. The molecule has 0 aliphatic heterocycles. The summed E-state index contributed by atoms with van der Waals surface area (Å²) in [6, 6.07) is 1.39. The molecule has 0 spiro atoms. The third-order valence-electron chi connectivity index (χ3n) is 2.33. The first kappa shape index (κ1) is 16.1. The number of carbonyl (C=O) groups is 3. The zero-order chi connectivity index (χ0) is 15.8. The van der Waals surface area contributed by atoms with Gasteiger partial charge in [-0.15, -0.1) is 0 Å². The monoisotopic (exact) mass is 290 g/mol. The number of amides is 3. The Labute approximate surface area is 120 Å². The van der Waals surface area contributed by atoms with E-state index in [4.69, 9.17) is 16.6 Å². The van der Waals surface area contributed by atoms with Crippen LogP contribution in [0.2, 0.25) is 0 Å². The van der Waals surface area contributed by atoms with E-state index in [-0.39, 0.29) is 17.7 Å². The molecule has 0 fully saturated rings. The maximum absolute atomic E-state index is 12.4. The first-order valence-corrected chi connectivity index (χ1v) is 5.85. The molecular formula is C13H14N4O4. The highest BCUT2D eigenvalue weighted by atomic mass is 16.2. The quantitative estimate of drug-likeness (QED) is 0.530. The number of hydrogen-bond acceptors (Lipinski definition) is 5. The lowest BCUT2D eigenvalue weighted by Crippen LogP contribution is -2.43. The van der Waals surface area contributed by atoms with Gasteiger partial charge in [-0.1, -0.05) is 11.8 Å². The van der Waals surface area contributed by atoms with E-state index in [9.17, 15) is 14.4 Å². The molecule has 8 heteroatoms. The Morgan fingerprint density at radius 3 is 2.38 bits per heavy atom. The molecule has 0 aliphatic rings. The normalized spacial score (nSPS) is 9.38. The van der Waals surface area contributed by atoms with Crippen LogP contribution in [0.3, 0.4) is 0 Å². The lowest BCUT2D eigenvalue weighted by Gasteiger charge is -2.19. The number of pyridine rings is 1. The van der Waals surface area contributed by atoms with Crippen LogP contribution in [0, 0.1) is 11.8 Å². The van der Waals surface area contributed by atoms with E-state index in [1.54, 1.807) is 0 Å². The molecule has 0 aromatic carbocycles. The van der Waals surface area contributed by atoms with Gasteiger partial charge in [-0.2, -0.15) is 0 Å². The van der Waals surface area contributed by atoms with Crippen molar-refractivity contribution >= 4 is 17.7 Å². The fraction of sp³-hybridized carbons (Fsp3) is 0.231. The van der Waals surface area contributed by atoms with Crippen molar-refractivity contribution in [3.05, 3.63) is 29.6 Å². The predicted octanol–water partition coefficient (Wildman–Crippen LogP) is -2.16. The van der Waals surface area contributed by atoms with Crippen LogP contribution in [-0.4, -0.2) is 52.4 Å². The molecular weight excluding hydrogens is 276 g/mol. The fourth-order valence-corrected chi connectivity index (χ4v) is 1.56. The maximum Gasteiger partial charge on any atom is 0.256 e. The van der Waals surface area contributed by atoms with E-state index >= 15 is 0 Å². The van der Waals surface area contributed by atoms with Gasteiger partial charge < -0.3 is 21.5 Å². The number of nitrogens with two attached hydrogens (primary N) is 2. The maximum atomic E-state index is 12.4. The smallest absolute Gasteiger partial charge is 0.256 e. The van der Waals surface area contributed by atoms with Crippen LogP contribution in [0.4, 0.5) is 0 Å². The van der Waals surface area contributed by atoms with Crippen molar-refractivity contribution in [2.24, 2.45) is 11.5 Å². The van der Waals surface area contributed by atoms with Crippen molar-refractivity contribution in [2.75, 3.05) is 19.7 Å². The fourth-order valence-electron chi connectivity index (χ4n) is 1.56. The van der Waals surface area contributed by atoms with E-state index in [0.717, 1.165) is 4.90 Å². The molecule has 0 atom stereocenters. The van der Waals surface area contributed by atoms with E-state index in [1.807, 2.05) is 0 Å². The van der Waals surface area contributed by atoms with Crippen molar-refractivity contribution in [2.45, 2.75) is 0 Å². The number of primary amides is 2. The second kappa shape index (κ2) is 7.62. The van der Waals surface area contributed by atoms with Gasteiger partial charge in [0.15, 0.2) is 0 Å². The Hall–Kier alpha value is -2.92. The van der Waals surface area contributed by atoms with Crippen molar-refractivity contribution in [3.8, 4) is 11.8 Å². The van der Waals surface area contributed by atoms with Gasteiger partial charge in [0.2, 0.25) is 11.8 Å². The summed E-state index contributed by atoms with van der Waals surface area (Å²) in [5.41, 5.74) is 10.5. The number of aliphatic hydroxyl groups is 1. The van der Waals surface area contributed by atoms with Gasteiger partial charge in [-0.3, -0.25) is 19.4 Å². The first-order chi connectivity index (χ1) is 9.95. The molecule has 8 nitrogen and oxygen atoms in total. The summed E-state index contributed by atoms with van der Waals surface area (Å²) in [5, 5.41) is 8.69. The number of aliphatic hydroxyl groups excluding tert-OH is 1. The number of nitrogens with zero attached hydrogens (tertiary/aromatic N) is 2. The van der Waals surface area contributed by atoms with Crippen molar-refractivity contribution in [1.82, 2.24) is 9.88 Å². The highest BCUT2D eigenvalue weighted by molar-refractivity contribution is 6.00. The highest BCUT2D eigenvalue weighted by Gasteiger charge is 2.21. The van der Waals surface area contributed by atoms with Gasteiger partial charge >= 0.3 is 0 Å². The van der Waals surface area contributed by atoms with Crippen LogP contribution in [0.1, 0.15) is 15.9 Å². The van der Waals surface area contributed by atoms with Gasteiger partial charge in [0.1, 0.15) is 19.7 Å². The molecule has 1 aromatic heterocycles. The largest absolute Gasteiger partial charge is 0.384 e. The molecule has 0 radical (unpaired) electrons. The van der Waals surface area contributed by atoms with Gasteiger partial charge in [0, 0.05) is 12.4 Å². The summed E-state index contributed by atoms with van der Waals surface area (Å²) in [6.45, 7) is -1.28. The van der Waals surface area contributed by atoms with Crippen LogP contribution in [0.5, 0.6) is 0 Å². The van der Waals surface area contributed by atoms with E-state index in [0.29, 0.717) is 0 Å². The molecule has 1 aromatic rings. The third-order valence-corrected chi connectivity index (χ3v) is 2.33. The van der Waals surface area contributed by atoms with Crippen LogP contribution in [0.25, 0.3) is 0 Å². The first-order valence-electron chi connectivity index (χ1n) is 5.85. The van der Waals surface area contributed by atoms with Crippen molar-refractivity contribution in [3.63, 3.8) is 0 Å². The molecule has 0 bridgehead atoms. The van der Waals surface area contributed by atoms with Gasteiger partial charge in [0.25, 0.3) is 5.91 Å². The Kier molecular flexibility index (Phi) is 5.85. The number of aromatic nitrogens is 1. The molecule has 0 saturated heterocycles. The van der Waals surface area contributed by atoms with Crippen LogP contribution >= 0.6 is 0 Å². The summed E-state index contributed by atoms with van der Waals surface area (Å²) in [6.07, 6.45) is 2.70. The predicted molar refractivity (Wildman–Crippen MR) is 72.5 cm³/mol. The van der Waals surface area contributed by atoms with Crippen molar-refractivity contribution in [1.29, 1.82) is 0 Å². The van der Waals surface area contributed by atoms with Gasteiger partial charge in [-0.25, -0.2) is 0 Å². The van der Waals surface area contributed by atoms with E-state index < -0.39 is 30.8 Å². The summed E-state index contributed by atoms with van der Waals surface area (Å²) in [5.74, 6) is 2.77. The summed E-state index contributed by atoms with van der Waals surface area (Å²) in [7, 11) is 0. The van der Waals surface area contributed by atoms with E-state index in [1.165, 1.54) is 18.5 Å². The lowest BCUT2D eigenvalue weighted by molar-refractivity contribution is -0.121. The summed E-state index contributed by atoms with van der Waals surface area (Å²) in [4.78, 5) is 39.1.